The molecule has 0 fully saturated rings. The van der Waals surface area contributed by atoms with Crippen LogP contribution >= 0.6 is 0 Å². The van der Waals surface area contributed by atoms with E-state index in [2.05, 4.69) is 32.0 Å². The number of pyridine rings is 1. The number of rotatable bonds is 5. The van der Waals surface area contributed by atoms with Gasteiger partial charge in [0.05, 0.1) is 12.8 Å². The summed E-state index contributed by atoms with van der Waals surface area (Å²) in [5.74, 6) is 0.746. The quantitative estimate of drug-likeness (QED) is 0.405. The third-order valence-corrected chi connectivity index (χ3v) is 6.59. The first-order chi connectivity index (χ1) is 15.8. The molecule has 172 valence electrons. The fraction of sp³-hybridized carbons (Fsp3) is 0.357. The van der Waals surface area contributed by atoms with Gasteiger partial charge < -0.3 is 9.47 Å². The van der Waals surface area contributed by atoms with Crippen molar-refractivity contribution in [1.29, 1.82) is 0 Å². The highest BCUT2D eigenvalue weighted by Crippen LogP contribution is 2.40. The number of aryl methyl sites for hydroxylation is 2. The summed E-state index contributed by atoms with van der Waals surface area (Å²) >= 11 is 0. The highest BCUT2D eigenvalue weighted by Gasteiger charge is 2.26. The van der Waals surface area contributed by atoms with Gasteiger partial charge in [-0.2, -0.15) is 0 Å². The van der Waals surface area contributed by atoms with Crippen LogP contribution in [0.2, 0.25) is 0 Å². The van der Waals surface area contributed by atoms with Crippen molar-refractivity contribution >= 4 is 6.16 Å². The molecule has 1 aromatic heterocycles. The minimum absolute atomic E-state index is 0.167. The lowest BCUT2D eigenvalue weighted by Gasteiger charge is -2.20. The first-order valence-electron chi connectivity index (χ1n) is 11.4. The number of hydrogen-bond donors (Lipinski definition) is 0. The van der Waals surface area contributed by atoms with Gasteiger partial charge in [0.2, 0.25) is 0 Å². The van der Waals surface area contributed by atoms with Gasteiger partial charge in [0.25, 0.3) is 0 Å². The van der Waals surface area contributed by atoms with E-state index in [0.29, 0.717) is 12.2 Å². The summed E-state index contributed by atoms with van der Waals surface area (Å²) in [5.41, 5.74) is 8.40. The molecule has 1 aliphatic rings. The van der Waals surface area contributed by atoms with Crippen molar-refractivity contribution in [2.75, 3.05) is 7.11 Å². The van der Waals surface area contributed by atoms with Crippen LogP contribution in [0.1, 0.15) is 76.9 Å². The number of halogens is 1. The zero-order valence-corrected chi connectivity index (χ0v) is 19.9. The van der Waals surface area contributed by atoms with Gasteiger partial charge in [-0.15, -0.1) is 0 Å². The molecule has 1 aliphatic carbocycles. The molecule has 4 nitrogen and oxygen atoms in total. The second kappa shape index (κ2) is 9.34. The molecule has 0 saturated carbocycles. The van der Waals surface area contributed by atoms with Gasteiger partial charge in [0.1, 0.15) is 11.6 Å². The SMILES string of the molecule is COC(=O)Oc1c(C)c(C)nc(C(C)C)c1Cc1ccc2c(c1)C(c1ccc(F)cc1)CC2. The van der Waals surface area contributed by atoms with E-state index in [4.69, 9.17) is 14.5 Å². The molecule has 33 heavy (non-hydrogen) atoms. The second-order valence-electron chi connectivity index (χ2n) is 9.08. The highest BCUT2D eigenvalue weighted by atomic mass is 19.1. The van der Waals surface area contributed by atoms with E-state index < -0.39 is 6.16 Å². The van der Waals surface area contributed by atoms with Crippen LogP contribution in [0.5, 0.6) is 5.75 Å². The molecule has 0 spiro atoms. The minimum Gasteiger partial charge on any atom is -0.437 e. The van der Waals surface area contributed by atoms with Crippen LogP contribution in [0, 0.1) is 19.7 Å². The van der Waals surface area contributed by atoms with Crippen LogP contribution in [0.25, 0.3) is 0 Å². The molecular weight excluding hydrogens is 417 g/mol. The molecule has 0 N–H and O–H groups in total. The maximum Gasteiger partial charge on any atom is 0.513 e. The maximum atomic E-state index is 13.4. The first-order valence-corrected chi connectivity index (χ1v) is 11.4. The predicted octanol–water partition coefficient (Wildman–Crippen LogP) is 6.78. The van der Waals surface area contributed by atoms with Gasteiger partial charge in [-0.25, -0.2) is 9.18 Å². The molecule has 4 rings (SSSR count). The van der Waals surface area contributed by atoms with Crippen LogP contribution in [-0.4, -0.2) is 18.2 Å². The van der Waals surface area contributed by atoms with E-state index in [1.807, 2.05) is 26.0 Å². The zero-order chi connectivity index (χ0) is 23.7. The molecule has 0 bridgehead atoms. The Morgan fingerprint density at radius 1 is 1.15 bits per heavy atom. The summed E-state index contributed by atoms with van der Waals surface area (Å²) in [5, 5.41) is 0. The smallest absolute Gasteiger partial charge is 0.437 e. The van der Waals surface area contributed by atoms with Gasteiger partial charge in [0, 0.05) is 29.2 Å². The fourth-order valence-electron chi connectivity index (χ4n) is 4.76. The van der Waals surface area contributed by atoms with Crippen molar-refractivity contribution in [2.45, 2.75) is 58.8 Å². The Labute approximate surface area is 194 Å². The lowest BCUT2D eigenvalue weighted by Crippen LogP contribution is -2.14. The summed E-state index contributed by atoms with van der Waals surface area (Å²) in [7, 11) is 1.31. The number of aromatic nitrogens is 1. The van der Waals surface area contributed by atoms with E-state index >= 15 is 0 Å². The Hall–Kier alpha value is -3.21. The van der Waals surface area contributed by atoms with Crippen molar-refractivity contribution < 1.29 is 18.7 Å². The average molecular weight is 448 g/mol. The molecule has 0 saturated heterocycles. The summed E-state index contributed by atoms with van der Waals surface area (Å²) in [6, 6.07) is 13.4. The Kier molecular flexibility index (Phi) is 6.50. The zero-order valence-electron chi connectivity index (χ0n) is 19.9. The molecule has 3 aromatic rings. The monoisotopic (exact) mass is 447 g/mol. The number of methoxy groups -OCH3 is 1. The van der Waals surface area contributed by atoms with Crippen molar-refractivity contribution in [3.05, 3.63) is 93.1 Å². The van der Waals surface area contributed by atoms with Gasteiger partial charge >= 0.3 is 6.16 Å². The average Bonchev–Trinajstić information content (AvgIpc) is 3.22. The van der Waals surface area contributed by atoms with Crippen molar-refractivity contribution in [2.24, 2.45) is 0 Å². The minimum atomic E-state index is -0.731. The van der Waals surface area contributed by atoms with Crippen LogP contribution in [0.3, 0.4) is 0 Å². The van der Waals surface area contributed by atoms with Crippen molar-refractivity contribution in [3.8, 4) is 5.75 Å². The normalized spacial score (nSPS) is 14.9. The fourth-order valence-corrected chi connectivity index (χ4v) is 4.76. The highest BCUT2D eigenvalue weighted by molar-refractivity contribution is 5.66. The maximum absolute atomic E-state index is 13.4. The molecule has 0 amide bonds. The Morgan fingerprint density at radius 3 is 2.55 bits per heavy atom. The molecule has 1 heterocycles. The third kappa shape index (κ3) is 4.63. The van der Waals surface area contributed by atoms with E-state index in [1.165, 1.54) is 30.4 Å². The van der Waals surface area contributed by atoms with Gasteiger partial charge in [-0.05, 0) is 67.0 Å². The van der Waals surface area contributed by atoms with E-state index in [0.717, 1.165) is 46.5 Å². The Balaban J connectivity index is 1.75. The topological polar surface area (TPSA) is 48.4 Å². The summed E-state index contributed by atoms with van der Waals surface area (Å²) in [4.78, 5) is 16.9. The standard InChI is InChI=1S/C28H30FNO3/c1-16(2)26-25(27(33-28(31)32-5)17(3)18(4)30-26)15-19-6-7-21-10-13-23(24(21)14-19)20-8-11-22(29)12-9-20/h6-9,11-12,14,16,23H,10,13,15H2,1-5H3. The first kappa shape index (κ1) is 23.0. The van der Waals surface area contributed by atoms with Crippen LogP contribution in [0.4, 0.5) is 9.18 Å². The number of nitrogens with zero attached hydrogens (tertiary/aromatic N) is 1. The van der Waals surface area contributed by atoms with Crippen LogP contribution in [0.15, 0.2) is 42.5 Å². The van der Waals surface area contributed by atoms with Crippen LogP contribution in [-0.2, 0) is 17.6 Å². The third-order valence-electron chi connectivity index (χ3n) is 6.59. The predicted molar refractivity (Wildman–Crippen MR) is 127 cm³/mol. The largest absolute Gasteiger partial charge is 0.513 e. The molecule has 5 heteroatoms. The van der Waals surface area contributed by atoms with Gasteiger partial charge in [-0.3, -0.25) is 4.98 Å². The van der Waals surface area contributed by atoms with Gasteiger partial charge in [-0.1, -0.05) is 44.2 Å². The van der Waals surface area contributed by atoms with Crippen LogP contribution < -0.4 is 4.74 Å². The number of ether oxygens (including phenoxy) is 2. The lowest BCUT2D eigenvalue weighted by atomic mass is 9.89. The molecule has 1 unspecified atom stereocenters. The molecular formula is C28H30FNO3. The molecule has 0 radical (unpaired) electrons. The Bertz CT molecular complexity index is 1180. The number of hydrogen-bond acceptors (Lipinski definition) is 4. The summed E-state index contributed by atoms with van der Waals surface area (Å²) < 4.78 is 23.8. The number of carbonyl (C=O) groups excluding carboxylic acids is 1. The molecule has 1 atom stereocenters. The van der Waals surface area contributed by atoms with E-state index in [9.17, 15) is 9.18 Å². The summed E-state index contributed by atoms with van der Waals surface area (Å²) in [6.07, 6.45) is 1.89. The number of fused-ring (bicyclic) bond motifs is 1. The van der Waals surface area contributed by atoms with E-state index in [-0.39, 0.29) is 17.7 Å². The molecule has 2 aromatic carbocycles. The lowest BCUT2D eigenvalue weighted by molar-refractivity contribution is 0.120. The Morgan fingerprint density at radius 2 is 1.88 bits per heavy atom. The number of benzene rings is 2. The molecule has 0 aliphatic heterocycles. The van der Waals surface area contributed by atoms with Crippen molar-refractivity contribution in [1.82, 2.24) is 4.98 Å². The van der Waals surface area contributed by atoms with E-state index in [1.54, 1.807) is 0 Å². The second-order valence-corrected chi connectivity index (χ2v) is 9.08. The van der Waals surface area contributed by atoms with Crippen molar-refractivity contribution in [3.63, 3.8) is 0 Å². The van der Waals surface area contributed by atoms with Gasteiger partial charge in [0.15, 0.2) is 0 Å². The summed E-state index contributed by atoms with van der Waals surface area (Å²) in [6.45, 7) is 8.03. The number of carbonyl (C=O) groups is 1.